The van der Waals surface area contributed by atoms with Gasteiger partial charge in [-0.05, 0) is 24.3 Å². The van der Waals surface area contributed by atoms with Crippen LogP contribution in [0.15, 0.2) is 54.7 Å². The fourth-order valence-electron chi connectivity index (χ4n) is 2.27. The number of rotatable bonds is 3. The highest BCUT2D eigenvalue weighted by atomic mass is 35.5. The van der Waals surface area contributed by atoms with E-state index in [1.165, 1.54) is 0 Å². The Labute approximate surface area is 126 Å². The van der Waals surface area contributed by atoms with Crippen LogP contribution in [-0.2, 0) is 6.54 Å². The van der Waals surface area contributed by atoms with E-state index in [1.54, 1.807) is 24.3 Å². The van der Waals surface area contributed by atoms with Gasteiger partial charge in [0, 0.05) is 17.1 Å². The van der Waals surface area contributed by atoms with Crippen LogP contribution in [0.3, 0.4) is 0 Å². The zero-order valence-electron chi connectivity index (χ0n) is 10.5. The third-order valence-electron chi connectivity index (χ3n) is 3.23. The lowest BCUT2D eigenvalue weighted by Gasteiger charge is -2.07. The van der Waals surface area contributed by atoms with Crippen LogP contribution in [-0.4, -0.2) is 10.4 Å². The van der Waals surface area contributed by atoms with E-state index in [-0.39, 0.29) is 12.3 Å². The summed E-state index contributed by atoms with van der Waals surface area (Å²) in [7, 11) is 0. The van der Waals surface area contributed by atoms with Crippen LogP contribution in [0.1, 0.15) is 10.4 Å². The van der Waals surface area contributed by atoms with E-state index in [9.17, 15) is 4.79 Å². The molecule has 0 aliphatic heterocycles. The number of nitrogens with zero attached hydrogens (tertiary/aromatic N) is 1. The number of aromatic nitrogens is 1. The van der Waals surface area contributed by atoms with Crippen molar-refractivity contribution in [3.8, 4) is 0 Å². The van der Waals surface area contributed by atoms with E-state index in [4.69, 9.17) is 23.2 Å². The number of ketones is 1. The van der Waals surface area contributed by atoms with Gasteiger partial charge in [0.05, 0.1) is 22.1 Å². The molecule has 0 aliphatic rings. The van der Waals surface area contributed by atoms with Crippen molar-refractivity contribution in [3.63, 3.8) is 0 Å². The lowest BCUT2D eigenvalue weighted by Crippen LogP contribution is -2.10. The normalized spacial score (nSPS) is 10.9. The van der Waals surface area contributed by atoms with Crippen LogP contribution >= 0.6 is 23.2 Å². The lowest BCUT2D eigenvalue weighted by atomic mass is 10.1. The van der Waals surface area contributed by atoms with Crippen LogP contribution in [0.2, 0.25) is 10.0 Å². The van der Waals surface area contributed by atoms with Gasteiger partial charge in [-0.2, -0.15) is 0 Å². The first-order chi connectivity index (χ1) is 9.66. The van der Waals surface area contributed by atoms with Crippen LogP contribution in [0.5, 0.6) is 0 Å². The molecule has 0 bridgehead atoms. The first-order valence-electron chi connectivity index (χ1n) is 6.18. The van der Waals surface area contributed by atoms with Crippen LogP contribution in [0, 0.1) is 0 Å². The molecule has 2 aromatic carbocycles. The standard InChI is InChI=1S/C16H11Cl2NO/c17-13-6-2-1-5-12(13)15(20)10-19-9-8-11-4-3-7-14(18)16(11)19/h1-9H,10H2. The molecule has 0 saturated carbocycles. The maximum Gasteiger partial charge on any atom is 0.183 e. The number of carbonyl (C=O) groups is 1. The molecule has 4 heteroatoms. The molecule has 0 N–H and O–H groups in total. The highest BCUT2D eigenvalue weighted by Gasteiger charge is 2.12. The topological polar surface area (TPSA) is 22.0 Å². The molecule has 0 spiro atoms. The first kappa shape index (κ1) is 13.2. The fourth-order valence-corrected chi connectivity index (χ4v) is 2.80. The number of Topliss-reactive ketones (excluding diaryl/α,β-unsaturated/α-hetero) is 1. The lowest BCUT2D eigenvalue weighted by molar-refractivity contribution is 0.0974. The number of carbonyl (C=O) groups excluding carboxylic acids is 1. The predicted octanol–water partition coefficient (Wildman–Crippen LogP) is 4.83. The number of hydrogen-bond donors (Lipinski definition) is 0. The number of fused-ring (bicyclic) bond motifs is 1. The molecule has 3 rings (SSSR count). The van der Waals surface area contributed by atoms with Crippen molar-refractivity contribution in [1.29, 1.82) is 0 Å². The molecule has 3 aromatic rings. The van der Waals surface area contributed by atoms with Gasteiger partial charge >= 0.3 is 0 Å². The van der Waals surface area contributed by atoms with Crippen molar-refractivity contribution < 1.29 is 4.79 Å². The number of benzene rings is 2. The van der Waals surface area contributed by atoms with Gasteiger partial charge in [0.1, 0.15) is 0 Å². The van der Waals surface area contributed by atoms with E-state index in [1.807, 2.05) is 35.0 Å². The van der Waals surface area contributed by atoms with E-state index in [2.05, 4.69) is 0 Å². The second-order valence-corrected chi connectivity index (χ2v) is 5.34. The van der Waals surface area contributed by atoms with Crippen LogP contribution in [0.4, 0.5) is 0 Å². The van der Waals surface area contributed by atoms with E-state index >= 15 is 0 Å². The third kappa shape index (κ3) is 2.33. The van der Waals surface area contributed by atoms with Crippen molar-refractivity contribution in [2.75, 3.05) is 0 Å². The Morgan fingerprint density at radius 3 is 2.50 bits per heavy atom. The van der Waals surface area contributed by atoms with Gasteiger partial charge < -0.3 is 4.57 Å². The van der Waals surface area contributed by atoms with Gasteiger partial charge in [-0.25, -0.2) is 0 Å². The highest BCUT2D eigenvalue weighted by Crippen LogP contribution is 2.25. The summed E-state index contributed by atoms with van der Waals surface area (Å²) in [5.74, 6) is -0.0342. The summed E-state index contributed by atoms with van der Waals surface area (Å²) in [4.78, 5) is 12.3. The maximum absolute atomic E-state index is 12.3. The second kappa shape index (κ2) is 5.31. The monoisotopic (exact) mass is 303 g/mol. The van der Waals surface area contributed by atoms with Gasteiger partial charge in [0.25, 0.3) is 0 Å². The van der Waals surface area contributed by atoms with Gasteiger partial charge in [-0.3, -0.25) is 4.79 Å². The van der Waals surface area contributed by atoms with Crippen LogP contribution < -0.4 is 0 Å². The molecular formula is C16H11Cl2NO. The number of hydrogen-bond acceptors (Lipinski definition) is 1. The molecule has 100 valence electrons. The molecule has 2 nitrogen and oxygen atoms in total. The minimum atomic E-state index is -0.0342. The molecule has 1 aromatic heterocycles. The minimum absolute atomic E-state index is 0.0342. The summed E-state index contributed by atoms with van der Waals surface area (Å²) < 4.78 is 1.85. The zero-order valence-corrected chi connectivity index (χ0v) is 12.0. The van der Waals surface area contributed by atoms with Crippen LogP contribution in [0.25, 0.3) is 10.9 Å². The van der Waals surface area contributed by atoms with Crippen molar-refractivity contribution in [2.24, 2.45) is 0 Å². The van der Waals surface area contributed by atoms with Crippen molar-refractivity contribution in [3.05, 3.63) is 70.3 Å². The van der Waals surface area contributed by atoms with Gasteiger partial charge in [-0.15, -0.1) is 0 Å². The Balaban J connectivity index is 1.98. The SMILES string of the molecule is O=C(Cn1ccc2cccc(Cl)c21)c1ccccc1Cl. The molecule has 0 fully saturated rings. The summed E-state index contributed by atoms with van der Waals surface area (Å²) in [6.07, 6.45) is 1.87. The molecule has 0 atom stereocenters. The molecular weight excluding hydrogens is 293 g/mol. The summed E-state index contributed by atoms with van der Waals surface area (Å²) >= 11 is 12.3. The van der Waals surface area contributed by atoms with E-state index < -0.39 is 0 Å². The van der Waals surface area contributed by atoms with Crippen molar-refractivity contribution in [2.45, 2.75) is 6.54 Å². The average Bonchev–Trinajstić information content (AvgIpc) is 2.84. The molecule has 0 saturated heterocycles. The summed E-state index contributed by atoms with van der Waals surface area (Å²) in [5, 5.41) is 2.13. The minimum Gasteiger partial charge on any atom is -0.338 e. The summed E-state index contributed by atoms with van der Waals surface area (Å²) in [6, 6.07) is 14.7. The second-order valence-electron chi connectivity index (χ2n) is 4.52. The number of para-hydroxylation sites is 1. The van der Waals surface area contributed by atoms with Crippen molar-refractivity contribution in [1.82, 2.24) is 4.57 Å². The van der Waals surface area contributed by atoms with Gasteiger partial charge in [0.15, 0.2) is 5.78 Å². The highest BCUT2D eigenvalue weighted by molar-refractivity contribution is 6.35. The van der Waals surface area contributed by atoms with Gasteiger partial charge in [-0.1, -0.05) is 47.5 Å². The molecule has 20 heavy (non-hydrogen) atoms. The van der Waals surface area contributed by atoms with Gasteiger partial charge in [0.2, 0.25) is 0 Å². The first-order valence-corrected chi connectivity index (χ1v) is 6.93. The molecule has 1 heterocycles. The van der Waals surface area contributed by atoms with E-state index in [0.29, 0.717) is 15.6 Å². The average molecular weight is 304 g/mol. The molecule has 0 radical (unpaired) electrons. The quantitative estimate of drug-likeness (QED) is 0.635. The number of halogens is 2. The Kier molecular flexibility index (Phi) is 3.51. The fraction of sp³-hybridized carbons (Fsp3) is 0.0625. The Morgan fingerprint density at radius 1 is 0.950 bits per heavy atom. The maximum atomic E-state index is 12.3. The van der Waals surface area contributed by atoms with Crippen molar-refractivity contribution >= 4 is 39.9 Å². The Bertz CT molecular complexity index is 792. The Morgan fingerprint density at radius 2 is 1.70 bits per heavy atom. The summed E-state index contributed by atoms with van der Waals surface area (Å²) in [5.41, 5.74) is 1.40. The molecule has 0 unspecified atom stereocenters. The van der Waals surface area contributed by atoms with E-state index in [0.717, 1.165) is 10.9 Å². The predicted molar refractivity (Wildman–Crippen MR) is 82.7 cm³/mol. The Hall–Kier alpha value is -1.77. The third-order valence-corrected chi connectivity index (χ3v) is 3.86. The smallest absolute Gasteiger partial charge is 0.183 e. The molecule has 0 amide bonds. The summed E-state index contributed by atoms with van der Waals surface area (Å²) in [6.45, 7) is 0.219. The molecule has 0 aliphatic carbocycles. The zero-order chi connectivity index (χ0) is 14.1. The largest absolute Gasteiger partial charge is 0.338 e.